The van der Waals surface area contributed by atoms with Gasteiger partial charge in [0.2, 0.25) is 5.82 Å². The van der Waals surface area contributed by atoms with Crippen molar-refractivity contribution >= 4 is 11.9 Å². The van der Waals surface area contributed by atoms with E-state index < -0.39 is 63.7 Å². The van der Waals surface area contributed by atoms with Crippen molar-refractivity contribution < 1.29 is 50.5 Å². The minimum Gasteiger partial charge on any atom is -0.466 e. The Morgan fingerprint density at radius 1 is 0.917 bits per heavy atom. The smallest absolute Gasteiger partial charge is 0.336 e. The third-order valence-corrected chi connectivity index (χ3v) is 5.09. The summed E-state index contributed by atoms with van der Waals surface area (Å²) in [5.74, 6) is -15.6. The van der Waals surface area contributed by atoms with Gasteiger partial charge in [-0.3, -0.25) is 0 Å². The van der Waals surface area contributed by atoms with Gasteiger partial charge in [-0.25, -0.2) is 31.5 Å². The normalized spacial score (nSPS) is 15.4. The largest absolute Gasteiger partial charge is 0.466 e. The second kappa shape index (κ2) is 13.9. The average molecular weight is 522 g/mol. The Balaban J connectivity index is 2.49. The van der Waals surface area contributed by atoms with Gasteiger partial charge >= 0.3 is 11.9 Å². The molecule has 0 amide bonds. The minimum absolute atomic E-state index is 0.0981. The summed E-state index contributed by atoms with van der Waals surface area (Å²) < 4.78 is 91.8. The van der Waals surface area contributed by atoms with Crippen LogP contribution in [0.5, 0.6) is 0 Å². The van der Waals surface area contributed by atoms with Crippen molar-refractivity contribution in [1.29, 1.82) is 0 Å². The molecule has 1 heterocycles. The standard InChI is InChI=1S/C23H27F5N2O6/c1-3-36-23(32)15-13(11-35-9-5-8-34-7-4-6-29)30-10-12(22(31)33-2)14(15)16-17(24)19(26)21(28)20(27)18(16)25/h10,14,30H,3-9,11,29H2,1-2H3. The molecule has 0 radical (unpaired) electrons. The van der Waals surface area contributed by atoms with Crippen LogP contribution < -0.4 is 11.1 Å². The molecule has 1 aliphatic heterocycles. The molecule has 8 nitrogen and oxygen atoms in total. The van der Waals surface area contributed by atoms with Crippen LogP contribution in [0.25, 0.3) is 0 Å². The molecule has 0 fully saturated rings. The van der Waals surface area contributed by atoms with Gasteiger partial charge in [0.25, 0.3) is 0 Å². The summed E-state index contributed by atoms with van der Waals surface area (Å²) in [5.41, 5.74) is 2.72. The van der Waals surface area contributed by atoms with Gasteiger partial charge in [-0.1, -0.05) is 0 Å². The first-order valence-corrected chi connectivity index (χ1v) is 11.0. The number of methoxy groups -OCH3 is 1. The molecule has 2 rings (SSSR count). The number of dihydropyridines is 1. The van der Waals surface area contributed by atoms with Crippen LogP contribution in [0.4, 0.5) is 22.0 Å². The Bertz CT molecular complexity index is 1000. The highest BCUT2D eigenvalue weighted by molar-refractivity contribution is 5.99. The number of carbonyl (C=O) groups is 2. The number of hydrogen-bond acceptors (Lipinski definition) is 8. The molecule has 13 heteroatoms. The lowest BCUT2D eigenvalue weighted by Crippen LogP contribution is -2.33. The van der Waals surface area contributed by atoms with Crippen LogP contribution >= 0.6 is 0 Å². The molecule has 3 N–H and O–H groups in total. The molecule has 0 saturated carbocycles. The average Bonchev–Trinajstić information content (AvgIpc) is 2.87. The van der Waals surface area contributed by atoms with E-state index in [1.807, 2.05) is 0 Å². The molecule has 1 unspecified atom stereocenters. The van der Waals surface area contributed by atoms with E-state index in [2.05, 4.69) is 10.1 Å². The molecule has 0 bridgehead atoms. The van der Waals surface area contributed by atoms with Gasteiger partial charge in [0.05, 0.1) is 43.1 Å². The fraction of sp³-hybridized carbons (Fsp3) is 0.478. The van der Waals surface area contributed by atoms with Gasteiger partial charge in [-0.15, -0.1) is 0 Å². The highest BCUT2D eigenvalue weighted by atomic mass is 19.2. The minimum atomic E-state index is -2.38. The van der Waals surface area contributed by atoms with Gasteiger partial charge < -0.3 is 30.0 Å². The van der Waals surface area contributed by atoms with Crippen LogP contribution in [-0.4, -0.2) is 58.6 Å². The highest BCUT2D eigenvalue weighted by Crippen LogP contribution is 2.41. The van der Waals surface area contributed by atoms with Crippen molar-refractivity contribution in [3.8, 4) is 0 Å². The number of ether oxygens (including phenoxy) is 4. The summed E-state index contributed by atoms with van der Waals surface area (Å²) in [4.78, 5) is 25.2. The third-order valence-electron chi connectivity index (χ3n) is 5.09. The van der Waals surface area contributed by atoms with Crippen LogP contribution in [0.15, 0.2) is 23.0 Å². The van der Waals surface area contributed by atoms with Crippen molar-refractivity contribution in [1.82, 2.24) is 5.32 Å². The first-order chi connectivity index (χ1) is 17.2. The fourth-order valence-electron chi connectivity index (χ4n) is 3.42. The number of halogens is 5. The zero-order valence-corrected chi connectivity index (χ0v) is 19.7. The Morgan fingerprint density at radius 2 is 1.50 bits per heavy atom. The molecular weight excluding hydrogens is 495 g/mol. The highest BCUT2D eigenvalue weighted by Gasteiger charge is 2.42. The molecule has 200 valence electrons. The summed E-state index contributed by atoms with van der Waals surface area (Å²) >= 11 is 0. The van der Waals surface area contributed by atoms with E-state index in [1.165, 1.54) is 6.92 Å². The zero-order valence-electron chi connectivity index (χ0n) is 19.7. The number of nitrogens with two attached hydrogens (primary N) is 1. The van der Waals surface area contributed by atoms with Crippen LogP contribution in [0, 0.1) is 29.1 Å². The van der Waals surface area contributed by atoms with Crippen LogP contribution in [-0.2, 0) is 28.5 Å². The SMILES string of the molecule is CCOC(=O)C1=C(COCCCOCCCN)NC=C(C(=O)OC)C1c1c(F)c(F)c(F)c(F)c1F. The Kier molecular flexibility index (Phi) is 11.3. The van der Waals surface area contributed by atoms with Crippen molar-refractivity contribution in [3.05, 3.63) is 57.7 Å². The second-order valence-corrected chi connectivity index (χ2v) is 7.43. The predicted molar refractivity (Wildman–Crippen MR) is 116 cm³/mol. The summed E-state index contributed by atoms with van der Waals surface area (Å²) in [6.45, 7) is 2.38. The first kappa shape index (κ1) is 29.2. The van der Waals surface area contributed by atoms with Crippen LogP contribution in [0.2, 0.25) is 0 Å². The van der Waals surface area contributed by atoms with Gasteiger partial charge in [-0.2, -0.15) is 0 Å². The molecule has 0 aliphatic carbocycles. The van der Waals surface area contributed by atoms with E-state index in [9.17, 15) is 31.5 Å². The van der Waals surface area contributed by atoms with Gasteiger partial charge in [-0.05, 0) is 26.3 Å². The van der Waals surface area contributed by atoms with E-state index in [4.69, 9.17) is 19.9 Å². The number of hydrogen-bond donors (Lipinski definition) is 2. The number of esters is 2. The molecule has 1 aromatic carbocycles. The lowest BCUT2D eigenvalue weighted by atomic mass is 9.81. The number of benzene rings is 1. The molecule has 36 heavy (non-hydrogen) atoms. The van der Waals surface area contributed by atoms with Crippen molar-refractivity contribution in [2.75, 3.05) is 46.7 Å². The van der Waals surface area contributed by atoms with Gasteiger partial charge in [0.15, 0.2) is 23.3 Å². The van der Waals surface area contributed by atoms with Crippen molar-refractivity contribution in [3.63, 3.8) is 0 Å². The maximum absolute atomic E-state index is 14.8. The van der Waals surface area contributed by atoms with Crippen molar-refractivity contribution in [2.24, 2.45) is 5.73 Å². The summed E-state index contributed by atoms with van der Waals surface area (Å²) in [7, 11) is 0.945. The lowest BCUT2D eigenvalue weighted by molar-refractivity contribution is -0.139. The van der Waals surface area contributed by atoms with E-state index >= 15 is 0 Å². The molecule has 1 atom stereocenters. The Hall–Kier alpha value is -3.03. The van der Waals surface area contributed by atoms with E-state index in [0.29, 0.717) is 32.6 Å². The topological polar surface area (TPSA) is 109 Å². The number of carbonyl (C=O) groups excluding carboxylic acids is 2. The van der Waals surface area contributed by atoms with Gasteiger partial charge in [0.1, 0.15) is 0 Å². The third kappa shape index (κ3) is 6.59. The first-order valence-electron chi connectivity index (χ1n) is 11.0. The maximum Gasteiger partial charge on any atom is 0.336 e. The van der Waals surface area contributed by atoms with Crippen molar-refractivity contribution in [2.45, 2.75) is 25.7 Å². The monoisotopic (exact) mass is 522 g/mol. The maximum atomic E-state index is 14.8. The Morgan fingerprint density at radius 3 is 2.08 bits per heavy atom. The molecule has 1 aromatic rings. The quantitative estimate of drug-likeness (QED) is 0.134. The lowest BCUT2D eigenvalue weighted by Gasteiger charge is -2.29. The Labute approximate surface area is 204 Å². The molecule has 0 aromatic heterocycles. The van der Waals surface area contributed by atoms with Crippen LogP contribution in [0.1, 0.15) is 31.2 Å². The van der Waals surface area contributed by atoms with Crippen LogP contribution in [0.3, 0.4) is 0 Å². The molecule has 1 aliphatic rings. The molecule has 0 saturated heterocycles. The number of rotatable bonds is 13. The fourth-order valence-corrected chi connectivity index (χ4v) is 3.42. The van der Waals surface area contributed by atoms with Gasteiger partial charge in [0, 0.05) is 31.6 Å². The second-order valence-electron chi connectivity index (χ2n) is 7.43. The van der Waals surface area contributed by atoms with E-state index in [1.54, 1.807) is 0 Å². The van der Waals surface area contributed by atoms with E-state index in [0.717, 1.165) is 13.3 Å². The predicted octanol–water partition coefficient (Wildman–Crippen LogP) is 2.72. The zero-order chi connectivity index (χ0) is 26.8. The molecule has 0 spiro atoms. The summed E-state index contributed by atoms with van der Waals surface area (Å²) in [5, 5.41) is 2.61. The number of nitrogens with one attached hydrogen (secondary N) is 1. The summed E-state index contributed by atoms with van der Waals surface area (Å²) in [6, 6.07) is 0. The molecular formula is C23H27F5N2O6. The van der Waals surface area contributed by atoms with E-state index in [-0.39, 0.29) is 25.5 Å². The summed E-state index contributed by atoms with van der Waals surface area (Å²) in [6.07, 6.45) is 2.09.